The summed E-state index contributed by atoms with van der Waals surface area (Å²) in [5.41, 5.74) is 11.7. The van der Waals surface area contributed by atoms with Gasteiger partial charge in [0.05, 0.1) is 35.6 Å². The number of nitrogens with zero attached hydrogens (tertiary/aromatic N) is 5. The highest BCUT2D eigenvalue weighted by molar-refractivity contribution is 5.95. The highest BCUT2D eigenvalue weighted by Crippen LogP contribution is 2.40. The number of aromatic nitrogens is 4. The second-order valence-corrected chi connectivity index (χ2v) is 7.99. The summed E-state index contributed by atoms with van der Waals surface area (Å²) < 4.78 is 15.8. The number of guanidine groups is 1. The van der Waals surface area contributed by atoms with Gasteiger partial charge in [-0.25, -0.2) is 14.7 Å². The molecule has 0 radical (unpaired) electrons. The lowest BCUT2D eigenvalue weighted by molar-refractivity contribution is 0.297. The van der Waals surface area contributed by atoms with Crippen LogP contribution in [0.1, 0.15) is 29.5 Å². The zero-order chi connectivity index (χ0) is 21.8. The molecular weight excluding hydrogens is 406 g/mol. The molecule has 0 saturated carbocycles. The summed E-state index contributed by atoms with van der Waals surface area (Å²) >= 11 is 0. The third kappa shape index (κ3) is 2.81. The number of hydrogen-bond acceptors (Lipinski definition) is 7. The Morgan fingerprint density at radius 2 is 1.81 bits per heavy atom. The summed E-state index contributed by atoms with van der Waals surface area (Å²) in [6.45, 7) is 5.30. The predicted molar refractivity (Wildman–Crippen MR) is 122 cm³/mol. The van der Waals surface area contributed by atoms with Gasteiger partial charge in [-0.3, -0.25) is 9.88 Å². The van der Waals surface area contributed by atoms with Crippen molar-refractivity contribution in [3.8, 4) is 17.2 Å². The average Bonchev–Trinajstić information content (AvgIpc) is 3.17. The molecule has 2 aromatic heterocycles. The molecule has 4 aromatic rings. The van der Waals surface area contributed by atoms with Crippen LogP contribution in [0.15, 0.2) is 47.5 Å². The van der Waals surface area contributed by atoms with E-state index in [0.717, 1.165) is 40.1 Å². The number of hydrogen-bond donors (Lipinski definition) is 2. The molecule has 162 valence electrons. The lowest BCUT2D eigenvalue weighted by Gasteiger charge is -2.24. The number of para-hydroxylation sites is 1. The normalized spacial score (nSPS) is 17.4. The predicted octanol–water partition coefficient (Wildman–Crippen LogP) is 3.29. The van der Waals surface area contributed by atoms with Gasteiger partial charge < -0.3 is 15.2 Å². The van der Waals surface area contributed by atoms with E-state index in [2.05, 4.69) is 12.2 Å². The minimum absolute atomic E-state index is 0.318. The fraction of sp³-hybridized carbons (Fsp3) is 0.261. The van der Waals surface area contributed by atoms with Crippen molar-refractivity contribution in [1.82, 2.24) is 19.3 Å². The van der Waals surface area contributed by atoms with Gasteiger partial charge in [-0.2, -0.15) is 5.10 Å². The number of aryl methyl sites for hydroxylation is 1. The molecule has 0 bridgehead atoms. The molecule has 0 aliphatic carbocycles. The summed E-state index contributed by atoms with van der Waals surface area (Å²) in [6.07, 6.45) is 0.443. The fourth-order valence-electron chi connectivity index (χ4n) is 4.47. The molecule has 32 heavy (non-hydrogen) atoms. The number of imidazole rings is 1. The first-order valence-electron chi connectivity index (χ1n) is 10.6. The van der Waals surface area contributed by atoms with Crippen LogP contribution in [0.3, 0.4) is 0 Å². The Morgan fingerprint density at radius 1 is 1.06 bits per heavy atom. The van der Waals surface area contributed by atoms with Crippen LogP contribution in [-0.4, -0.2) is 38.5 Å². The third-order valence-corrected chi connectivity index (χ3v) is 5.91. The van der Waals surface area contributed by atoms with Crippen LogP contribution in [0.5, 0.6) is 11.5 Å². The first-order chi connectivity index (χ1) is 15.6. The Kier molecular flexibility index (Phi) is 4.11. The molecule has 6 rings (SSSR count). The maximum absolute atomic E-state index is 6.17. The van der Waals surface area contributed by atoms with Crippen LogP contribution in [0.2, 0.25) is 0 Å². The molecular formula is C23H23N7O2. The number of ether oxygens (including phenoxy) is 2. The van der Waals surface area contributed by atoms with Crippen molar-refractivity contribution in [2.75, 3.05) is 18.5 Å². The molecule has 2 aliphatic rings. The van der Waals surface area contributed by atoms with Gasteiger partial charge in [0.15, 0.2) is 23.6 Å². The lowest BCUT2D eigenvalue weighted by Crippen LogP contribution is -2.31. The summed E-state index contributed by atoms with van der Waals surface area (Å²) in [5, 5.41) is 7.91. The highest BCUT2D eigenvalue weighted by atomic mass is 16.5. The van der Waals surface area contributed by atoms with Crippen molar-refractivity contribution in [2.45, 2.75) is 26.4 Å². The molecule has 0 spiro atoms. The van der Waals surface area contributed by atoms with Crippen LogP contribution in [0, 0.1) is 13.8 Å². The van der Waals surface area contributed by atoms with Crippen LogP contribution < -0.4 is 20.5 Å². The fourth-order valence-corrected chi connectivity index (χ4v) is 4.47. The Balaban J connectivity index is 1.55. The van der Waals surface area contributed by atoms with E-state index < -0.39 is 6.17 Å². The first kappa shape index (κ1) is 18.7. The topological polar surface area (TPSA) is 105 Å². The van der Waals surface area contributed by atoms with E-state index in [9.17, 15) is 0 Å². The second kappa shape index (κ2) is 7.01. The summed E-state index contributed by atoms with van der Waals surface area (Å²) in [6, 6.07) is 14.0. The van der Waals surface area contributed by atoms with E-state index >= 15 is 0 Å². The minimum Gasteiger partial charge on any atom is -0.489 e. The Hall–Kier alpha value is -4.01. The van der Waals surface area contributed by atoms with E-state index in [0.29, 0.717) is 36.6 Å². The van der Waals surface area contributed by atoms with E-state index in [1.165, 1.54) is 0 Å². The molecule has 1 atom stereocenters. The molecule has 9 nitrogen and oxygen atoms in total. The van der Waals surface area contributed by atoms with Crippen LogP contribution >= 0.6 is 0 Å². The molecule has 0 saturated heterocycles. The Labute approximate surface area is 184 Å². The largest absolute Gasteiger partial charge is 0.489 e. The molecule has 2 aromatic carbocycles. The molecule has 0 fully saturated rings. The highest BCUT2D eigenvalue weighted by Gasteiger charge is 2.31. The first-order valence-corrected chi connectivity index (χ1v) is 10.6. The maximum atomic E-state index is 6.17. The molecule has 4 heterocycles. The number of rotatable bonds is 2. The van der Waals surface area contributed by atoms with Crippen molar-refractivity contribution in [3.63, 3.8) is 0 Å². The van der Waals surface area contributed by atoms with Gasteiger partial charge in [-0.05, 0) is 26.0 Å². The summed E-state index contributed by atoms with van der Waals surface area (Å²) in [4.78, 5) is 9.53. The van der Waals surface area contributed by atoms with Crippen LogP contribution in [0.4, 0.5) is 5.95 Å². The van der Waals surface area contributed by atoms with Gasteiger partial charge in [-0.1, -0.05) is 18.2 Å². The number of anilines is 1. The molecule has 0 amide bonds. The molecule has 0 unspecified atom stereocenters. The van der Waals surface area contributed by atoms with Crippen molar-refractivity contribution in [2.24, 2.45) is 10.7 Å². The zero-order valence-corrected chi connectivity index (χ0v) is 17.9. The van der Waals surface area contributed by atoms with Crippen molar-refractivity contribution < 1.29 is 9.47 Å². The van der Waals surface area contributed by atoms with Crippen LogP contribution in [-0.2, 0) is 0 Å². The Morgan fingerprint density at radius 3 is 2.59 bits per heavy atom. The maximum Gasteiger partial charge on any atom is 0.212 e. The van der Waals surface area contributed by atoms with E-state index in [4.69, 9.17) is 30.3 Å². The minimum atomic E-state index is -0.404. The monoisotopic (exact) mass is 429 g/mol. The van der Waals surface area contributed by atoms with Crippen molar-refractivity contribution in [1.29, 1.82) is 0 Å². The van der Waals surface area contributed by atoms with Gasteiger partial charge in [0.1, 0.15) is 0 Å². The number of fused-ring (bicyclic) bond motifs is 4. The van der Waals surface area contributed by atoms with Gasteiger partial charge in [0, 0.05) is 29.8 Å². The molecule has 2 aliphatic heterocycles. The zero-order valence-electron chi connectivity index (χ0n) is 17.9. The van der Waals surface area contributed by atoms with E-state index in [1.807, 2.05) is 58.6 Å². The summed E-state index contributed by atoms with van der Waals surface area (Å²) in [7, 11) is 0. The van der Waals surface area contributed by atoms with Gasteiger partial charge >= 0.3 is 0 Å². The quantitative estimate of drug-likeness (QED) is 0.507. The number of benzene rings is 2. The second-order valence-electron chi connectivity index (χ2n) is 7.99. The van der Waals surface area contributed by atoms with Gasteiger partial charge in [0.25, 0.3) is 0 Å². The van der Waals surface area contributed by atoms with Crippen molar-refractivity contribution >= 4 is 22.9 Å². The molecule has 9 heteroatoms. The lowest BCUT2D eigenvalue weighted by atomic mass is 10.1. The average molecular weight is 429 g/mol. The number of nitrogens with two attached hydrogens (primary N) is 1. The SMILES string of the molecule is Cc1nn(-c2ccccc2)c(C)c1[C@H]1N=C(N)Nc2nc3cc4c(cc3n21)OCCCO4. The van der Waals surface area contributed by atoms with Gasteiger partial charge in [0.2, 0.25) is 5.95 Å². The van der Waals surface area contributed by atoms with E-state index in [-0.39, 0.29) is 0 Å². The Bertz CT molecular complexity index is 1370. The van der Waals surface area contributed by atoms with E-state index in [1.54, 1.807) is 0 Å². The smallest absolute Gasteiger partial charge is 0.212 e. The number of aliphatic imine (C=N–C) groups is 1. The van der Waals surface area contributed by atoms with Crippen molar-refractivity contribution in [3.05, 3.63) is 59.4 Å². The molecule has 3 N–H and O–H groups in total. The number of nitrogens with one attached hydrogen (secondary N) is 1. The standard InChI is InChI=1S/C23H23N7O2/c1-13-20(14(2)30(28-13)15-7-4-3-5-8-15)21-26-22(24)27-23-25-16-11-18-19(12-17(16)29(21)23)32-10-6-9-31-18/h3-5,7-8,11-12,21H,6,9-10H2,1-2H3,(H3,24,25,26,27)/t21-/m0/s1. The van der Waals surface area contributed by atoms with Crippen LogP contribution in [0.25, 0.3) is 16.7 Å². The third-order valence-electron chi connectivity index (χ3n) is 5.91. The summed E-state index contributed by atoms with van der Waals surface area (Å²) in [5.74, 6) is 2.37. The van der Waals surface area contributed by atoms with Gasteiger partial charge in [-0.15, -0.1) is 0 Å².